The number of thioether (sulfide) groups is 1. The minimum Gasteiger partial charge on any atom is -0.297 e. The van der Waals surface area contributed by atoms with Crippen LogP contribution in [0.5, 0.6) is 0 Å². The number of allylic oxidation sites excluding steroid dienone is 2. The van der Waals surface area contributed by atoms with Gasteiger partial charge in [0.05, 0.1) is 10.7 Å². The first-order valence-electron chi connectivity index (χ1n) is 6.54. The van der Waals surface area contributed by atoms with Crippen LogP contribution in [0.2, 0.25) is 0 Å². The highest BCUT2D eigenvalue weighted by Gasteiger charge is 2.48. The van der Waals surface area contributed by atoms with Gasteiger partial charge in [-0.1, -0.05) is 47.6 Å². The first-order valence-corrected chi connectivity index (χ1v) is 7.36. The molecular formula is C14H19N3O2S. The van der Waals surface area contributed by atoms with Crippen LogP contribution in [-0.2, 0) is 9.59 Å². The highest BCUT2D eigenvalue weighted by molar-refractivity contribution is 8.16. The molecule has 1 saturated heterocycles. The van der Waals surface area contributed by atoms with Gasteiger partial charge in [-0.05, 0) is 32.2 Å². The van der Waals surface area contributed by atoms with Crippen molar-refractivity contribution in [3.63, 3.8) is 0 Å². The number of carbonyl (C=O) groups excluding carboxylic acids is 2. The van der Waals surface area contributed by atoms with Crippen LogP contribution in [0.25, 0.3) is 10.4 Å². The first kappa shape index (κ1) is 16.5. The Hall–Kier alpha value is -1.52. The van der Waals surface area contributed by atoms with Gasteiger partial charge in [0.15, 0.2) is 5.78 Å². The molecule has 1 fully saturated rings. The Bertz CT molecular complexity index is 495. The summed E-state index contributed by atoms with van der Waals surface area (Å²) >= 11 is 1.10. The Morgan fingerprint density at radius 2 is 2.25 bits per heavy atom. The highest BCUT2D eigenvalue weighted by Crippen LogP contribution is 2.43. The monoisotopic (exact) mass is 293 g/mol. The second-order valence-electron chi connectivity index (χ2n) is 4.99. The molecule has 0 bridgehead atoms. The van der Waals surface area contributed by atoms with Crippen LogP contribution in [-0.4, -0.2) is 22.2 Å². The molecule has 1 heterocycles. The summed E-state index contributed by atoms with van der Waals surface area (Å²) in [5.74, 6) is -0.567. The Kier molecular flexibility index (Phi) is 6.05. The average molecular weight is 293 g/mol. The van der Waals surface area contributed by atoms with E-state index in [9.17, 15) is 9.59 Å². The van der Waals surface area contributed by atoms with Gasteiger partial charge in [-0.25, -0.2) is 0 Å². The summed E-state index contributed by atoms with van der Waals surface area (Å²) in [5.41, 5.74) is 9.06. The second kappa shape index (κ2) is 7.31. The number of rotatable bonds is 7. The van der Waals surface area contributed by atoms with Gasteiger partial charge in [-0.3, -0.25) is 9.59 Å². The molecular weight excluding hydrogens is 274 g/mol. The van der Waals surface area contributed by atoms with Gasteiger partial charge >= 0.3 is 0 Å². The number of hydrogen-bond donors (Lipinski definition) is 0. The van der Waals surface area contributed by atoms with Crippen LogP contribution in [0.1, 0.15) is 33.1 Å². The van der Waals surface area contributed by atoms with Crippen molar-refractivity contribution >= 4 is 22.7 Å². The van der Waals surface area contributed by atoms with Crippen molar-refractivity contribution in [2.24, 2.45) is 11.0 Å². The Morgan fingerprint density at radius 3 is 2.85 bits per heavy atom. The third-order valence-corrected chi connectivity index (χ3v) is 4.52. The van der Waals surface area contributed by atoms with Gasteiger partial charge in [-0.15, -0.1) is 0 Å². The number of carbonyl (C=O) groups is 2. The number of nitrogens with zero attached hydrogens (tertiary/aromatic N) is 3. The molecule has 0 aromatic carbocycles. The zero-order valence-electron chi connectivity index (χ0n) is 11.8. The van der Waals surface area contributed by atoms with Gasteiger partial charge in [-0.2, -0.15) is 0 Å². The van der Waals surface area contributed by atoms with Crippen molar-refractivity contribution in [1.82, 2.24) is 0 Å². The maximum absolute atomic E-state index is 12.4. The number of hydrogen-bond acceptors (Lipinski definition) is 4. The van der Waals surface area contributed by atoms with E-state index in [1.54, 1.807) is 13.0 Å². The molecule has 0 aromatic rings. The van der Waals surface area contributed by atoms with Crippen molar-refractivity contribution in [1.29, 1.82) is 0 Å². The zero-order valence-corrected chi connectivity index (χ0v) is 12.7. The molecule has 108 valence electrons. The van der Waals surface area contributed by atoms with Gasteiger partial charge in [0.1, 0.15) is 0 Å². The van der Waals surface area contributed by atoms with Crippen LogP contribution in [0, 0.1) is 5.92 Å². The predicted molar refractivity (Wildman–Crippen MR) is 81.3 cm³/mol. The van der Waals surface area contributed by atoms with Crippen molar-refractivity contribution in [3.05, 3.63) is 34.7 Å². The van der Waals surface area contributed by atoms with E-state index in [1.807, 2.05) is 13.0 Å². The Labute approximate surface area is 123 Å². The fourth-order valence-electron chi connectivity index (χ4n) is 2.20. The molecule has 0 aromatic heterocycles. The van der Waals surface area contributed by atoms with E-state index in [0.717, 1.165) is 17.3 Å². The fourth-order valence-corrected chi connectivity index (χ4v) is 3.47. The van der Waals surface area contributed by atoms with Crippen LogP contribution in [0.4, 0.5) is 0 Å². The van der Waals surface area contributed by atoms with Gasteiger partial charge in [0.25, 0.3) is 0 Å². The molecule has 20 heavy (non-hydrogen) atoms. The summed E-state index contributed by atoms with van der Waals surface area (Å²) in [4.78, 5) is 27.1. The number of unbranched alkanes of at least 4 members (excludes halogenated alkanes) is 1. The van der Waals surface area contributed by atoms with Crippen molar-refractivity contribution in [2.45, 2.75) is 37.9 Å². The van der Waals surface area contributed by atoms with Crippen molar-refractivity contribution in [3.8, 4) is 0 Å². The molecule has 1 aliphatic heterocycles. The van der Waals surface area contributed by atoms with E-state index in [-0.39, 0.29) is 10.9 Å². The summed E-state index contributed by atoms with van der Waals surface area (Å²) in [6.07, 6.45) is 5.43. The molecule has 1 unspecified atom stereocenters. The van der Waals surface area contributed by atoms with Gasteiger partial charge in [0, 0.05) is 11.5 Å². The van der Waals surface area contributed by atoms with Gasteiger partial charge in [0.2, 0.25) is 5.12 Å². The molecule has 0 radical (unpaired) electrons. The molecule has 0 saturated carbocycles. The number of ketones is 1. The maximum Gasteiger partial charge on any atom is 0.200 e. The summed E-state index contributed by atoms with van der Waals surface area (Å²) in [6, 6.07) is 0. The Balaban J connectivity index is 2.67. The van der Waals surface area contributed by atoms with E-state index in [1.165, 1.54) is 0 Å². The largest absolute Gasteiger partial charge is 0.297 e. The molecule has 6 heteroatoms. The molecule has 0 amide bonds. The smallest absolute Gasteiger partial charge is 0.200 e. The maximum atomic E-state index is 12.4. The quantitative estimate of drug-likeness (QED) is 0.179. The molecule has 0 N–H and O–H groups in total. The van der Waals surface area contributed by atoms with Crippen molar-refractivity contribution < 1.29 is 9.59 Å². The van der Waals surface area contributed by atoms with Crippen molar-refractivity contribution in [2.75, 3.05) is 6.54 Å². The fraction of sp³-hybridized carbons (Fsp3) is 0.571. The van der Waals surface area contributed by atoms with Gasteiger partial charge < -0.3 is 0 Å². The third-order valence-electron chi connectivity index (χ3n) is 3.29. The van der Waals surface area contributed by atoms with E-state index < -0.39 is 10.7 Å². The van der Waals surface area contributed by atoms with Crippen LogP contribution in [0.3, 0.4) is 0 Å². The van der Waals surface area contributed by atoms with Crippen LogP contribution < -0.4 is 0 Å². The summed E-state index contributed by atoms with van der Waals surface area (Å²) < 4.78 is -0.773. The normalized spacial score (nSPS) is 26.5. The second-order valence-corrected chi connectivity index (χ2v) is 6.44. The highest BCUT2D eigenvalue weighted by atomic mass is 32.2. The molecule has 1 rings (SSSR count). The van der Waals surface area contributed by atoms with E-state index >= 15 is 0 Å². The molecule has 1 aliphatic rings. The van der Waals surface area contributed by atoms with E-state index in [4.69, 9.17) is 5.53 Å². The lowest BCUT2D eigenvalue weighted by Gasteiger charge is -2.16. The topological polar surface area (TPSA) is 82.9 Å². The SMILES string of the molecule is C=CC(C)=C[C@@]1(C)SC(=O)C(CCCCN=[N+]=[N-])C1=O. The lowest BCUT2D eigenvalue weighted by molar-refractivity contribution is -0.127. The minimum atomic E-state index is -0.773. The molecule has 5 nitrogen and oxygen atoms in total. The lowest BCUT2D eigenvalue weighted by Crippen LogP contribution is -2.28. The van der Waals surface area contributed by atoms with Crippen LogP contribution in [0.15, 0.2) is 29.4 Å². The third kappa shape index (κ3) is 3.99. The van der Waals surface area contributed by atoms with E-state index in [2.05, 4.69) is 16.6 Å². The first-order chi connectivity index (χ1) is 9.44. The number of azide groups is 1. The van der Waals surface area contributed by atoms with E-state index in [0.29, 0.717) is 25.8 Å². The van der Waals surface area contributed by atoms with Crippen LogP contribution >= 0.6 is 11.8 Å². The summed E-state index contributed by atoms with van der Waals surface area (Å²) in [6.45, 7) is 7.72. The Morgan fingerprint density at radius 1 is 1.55 bits per heavy atom. The number of Topliss-reactive ketones (excluding diaryl/α,β-unsaturated/α-hetero) is 1. The zero-order chi connectivity index (χ0) is 15.2. The summed E-state index contributed by atoms with van der Waals surface area (Å²) in [7, 11) is 0. The minimum absolute atomic E-state index is 0.0301. The molecule has 0 aliphatic carbocycles. The predicted octanol–water partition coefficient (Wildman–Crippen LogP) is 3.82. The molecule has 2 atom stereocenters. The summed E-state index contributed by atoms with van der Waals surface area (Å²) in [5, 5.41) is 3.38. The molecule has 0 spiro atoms. The standard InChI is InChI=1S/C14H19N3O2S/c1-4-10(2)9-14(3)12(18)11(13(19)20-14)7-5-6-8-16-17-15/h4,9,11H,1,5-8H2,2-3H3/t11?,14-/m1/s1. The average Bonchev–Trinajstić information content (AvgIpc) is 2.61. The lowest BCUT2D eigenvalue weighted by atomic mass is 9.89.